The summed E-state index contributed by atoms with van der Waals surface area (Å²) in [6.45, 7) is 4.48. The van der Waals surface area contributed by atoms with Crippen LogP contribution in [0.2, 0.25) is 0 Å². The summed E-state index contributed by atoms with van der Waals surface area (Å²) < 4.78 is 5.14. The summed E-state index contributed by atoms with van der Waals surface area (Å²) in [5, 5.41) is 3.24. The van der Waals surface area contributed by atoms with Gasteiger partial charge in [-0.25, -0.2) is 0 Å². The zero-order valence-electron chi connectivity index (χ0n) is 8.54. The molecule has 2 rings (SSSR count). The SMILES string of the molecule is CC1(CNC(=O)C2CCCS2)COC1. The summed E-state index contributed by atoms with van der Waals surface area (Å²) in [6, 6.07) is 0. The first-order valence-electron chi connectivity index (χ1n) is 5.17. The minimum Gasteiger partial charge on any atom is -0.380 e. The molecule has 2 aliphatic heterocycles. The van der Waals surface area contributed by atoms with Crippen molar-refractivity contribution in [2.45, 2.75) is 25.0 Å². The minimum atomic E-state index is 0.193. The summed E-state index contributed by atoms with van der Waals surface area (Å²) in [5.41, 5.74) is 0.193. The van der Waals surface area contributed by atoms with Crippen LogP contribution in [0.3, 0.4) is 0 Å². The van der Waals surface area contributed by atoms with Crippen LogP contribution < -0.4 is 5.32 Å². The second-order valence-corrected chi connectivity index (χ2v) is 5.83. The van der Waals surface area contributed by atoms with Gasteiger partial charge in [-0.05, 0) is 18.6 Å². The van der Waals surface area contributed by atoms with E-state index in [9.17, 15) is 4.79 Å². The van der Waals surface area contributed by atoms with Crippen molar-refractivity contribution < 1.29 is 9.53 Å². The molecular formula is C10H17NO2S. The van der Waals surface area contributed by atoms with E-state index in [-0.39, 0.29) is 16.6 Å². The lowest BCUT2D eigenvalue weighted by Crippen LogP contribution is -2.49. The van der Waals surface area contributed by atoms with Gasteiger partial charge in [-0.2, -0.15) is 0 Å². The van der Waals surface area contributed by atoms with Crippen molar-refractivity contribution >= 4 is 17.7 Å². The largest absolute Gasteiger partial charge is 0.380 e. The highest BCUT2D eigenvalue weighted by Gasteiger charge is 2.34. The molecule has 2 saturated heterocycles. The molecule has 2 heterocycles. The third-order valence-electron chi connectivity index (χ3n) is 2.81. The highest BCUT2D eigenvalue weighted by atomic mass is 32.2. The Morgan fingerprint density at radius 2 is 2.43 bits per heavy atom. The highest BCUT2D eigenvalue weighted by molar-refractivity contribution is 8.00. The number of carbonyl (C=O) groups is 1. The summed E-state index contributed by atoms with van der Waals surface area (Å²) in [4.78, 5) is 11.7. The van der Waals surface area contributed by atoms with Crippen LogP contribution in [-0.2, 0) is 9.53 Å². The standard InChI is InChI=1S/C10H17NO2S/c1-10(6-13-7-10)5-11-9(12)8-3-2-4-14-8/h8H,2-7H2,1H3,(H,11,12). The van der Waals surface area contributed by atoms with Crippen LogP contribution in [0.25, 0.3) is 0 Å². The Kier molecular flexibility index (Phi) is 3.02. The fraction of sp³-hybridized carbons (Fsp3) is 0.900. The number of amides is 1. The summed E-state index contributed by atoms with van der Waals surface area (Å²) >= 11 is 1.78. The molecule has 0 saturated carbocycles. The predicted molar refractivity (Wildman–Crippen MR) is 57.4 cm³/mol. The Balaban J connectivity index is 1.71. The molecule has 0 bridgehead atoms. The number of ether oxygens (including phenoxy) is 1. The molecule has 0 aromatic carbocycles. The fourth-order valence-electron chi connectivity index (χ4n) is 1.75. The molecular weight excluding hydrogens is 198 g/mol. The lowest BCUT2D eigenvalue weighted by atomic mass is 9.89. The number of thioether (sulfide) groups is 1. The molecule has 0 aromatic rings. The van der Waals surface area contributed by atoms with Gasteiger partial charge in [-0.1, -0.05) is 6.92 Å². The van der Waals surface area contributed by atoms with E-state index in [2.05, 4.69) is 12.2 Å². The molecule has 1 atom stereocenters. The van der Waals surface area contributed by atoms with E-state index in [1.54, 1.807) is 11.8 Å². The molecule has 1 N–H and O–H groups in total. The van der Waals surface area contributed by atoms with E-state index in [0.29, 0.717) is 0 Å². The fourth-order valence-corrected chi connectivity index (χ4v) is 2.94. The van der Waals surface area contributed by atoms with Gasteiger partial charge < -0.3 is 10.1 Å². The van der Waals surface area contributed by atoms with Gasteiger partial charge in [0.05, 0.1) is 18.5 Å². The topological polar surface area (TPSA) is 38.3 Å². The Labute approximate surface area is 89.0 Å². The first-order chi connectivity index (χ1) is 6.70. The van der Waals surface area contributed by atoms with Crippen LogP contribution in [0.4, 0.5) is 0 Å². The Hall–Kier alpha value is -0.220. The second-order valence-electron chi connectivity index (χ2n) is 4.52. The zero-order valence-corrected chi connectivity index (χ0v) is 9.36. The first-order valence-corrected chi connectivity index (χ1v) is 6.22. The van der Waals surface area contributed by atoms with Crippen LogP contribution in [0.1, 0.15) is 19.8 Å². The maximum Gasteiger partial charge on any atom is 0.233 e. The Morgan fingerprint density at radius 3 is 2.93 bits per heavy atom. The third kappa shape index (κ3) is 2.23. The van der Waals surface area contributed by atoms with Crippen molar-refractivity contribution in [2.75, 3.05) is 25.5 Å². The van der Waals surface area contributed by atoms with Gasteiger partial charge in [0.2, 0.25) is 5.91 Å². The van der Waals surface area contributed by atoms with E-state index in [1.807, 2.05) is 0 Å². The predicted octanol–water partition coefficient (Wildman–Crippen LogP) is 1.03. The molecule has 0 spiro atoms. The number of hydrogen-bond acceptors (Lipinski definition) is 3. The minimum absolute atomic E-state index is 0.193. The van der Waals surface area contributed by atoms with E-state index in [0.717, 1.165) is 31.9 Å². The van der Waals surface area contributed by atoms with E-state index >= 15 is 0 Å². The molecule has 1 unspecified atom stereocenters. The van der Waals surface area contributed by atoms with Crippen molar-refractivity contribution in [3.05, 3.63) is 0 Å². The molecule has 2 fully saturated rings. The average Bonchev–Trinajstić information content (AvgIpc) is 2.63. The number of rotatable bonds is 3. The average molecular weight is 215 g/mol. The molecule has 1 amide bonds. The molecule has 14 heavy (non-hydrogen) atoms. The molecule has 80 valence electrons. The molecule has 2 aliphatic rings. The maximum atomic E-state index is 11.7. The quantitative estimate of drug-likeness (QED) is 0.764. The van der Waals surface area contributed by atoms with Crippen molar-refractivity contribution in [2.24, 2.45) is 5.41 Å². The highest BCUT2D eigenvalue weighted by Crippen LogP contribution is 2.28. The monoisotopic (exact) mass is 215 g/mol. The van der Waals surface area contributed by atoms with Crippen LogP contribution in [-0.4, -0.2) is 36.7 Å². The van der Waals surface area contributed by atoms with E-state index in [1.165, 1.54) is 6.42 Å². The van der Waals surface area contributed by atoms with Crippen molar-refractivity contribution in [3.8, 4) is 0 Å². The second kappa shape index (κ2) is 4.11. The third-order valence-corrected chi connectivity index (χ3v) is 4.19. The van der Waals surface area contributed by atoms with Crippen LogP contribution in [0, 0.1) is 5.41 Å². The van der Waals surface area contributed by atoms with Gasteiger partial charge in [-0.3, -0.25) is 4.79 Å². The molecule has 3 nitrogen and oxygen atoms in total. The normalized spacial score (nSPS) is 29.6. The van der Waals surface area contributed by atoms with Crippen LogP contribution in [0.15, 0.2) is 0 Å². The maximum absolute atomic E-state index is 11.7. The number of hydrogen-bond donors (Lipinski definition) is 1. The smallest absolute Gasteiger partial charge is 0.233 e. The van der Waals surface area contributed by atoms with Crippen LogP contribution in [0.5, 0.6) is 0 Å². The lowest BCUT2D eigenvalue weighted by Gasteiger charge is -2.38. The summed E-state index contributed by atoms with van der Waals surface area (Å²) in [7, 11) is 0. The van der Waals surface area contributed by atoms with Crippen molar-refractivity contribution in [3.63, 3.8) is 0 Å². The van der Waals surface area contributed by atoms with Gasteiger partial charge in [-0.15, -0.1) is 11.8 Å². The van der Waals surface area contributed by atoms with Crippen molar-refractivity contribution in [1.29, 1.82) is 0 Å². The first kappa shape index (κ1) is 10.3. The lowest BCUT2D eigenvalue weighted by molar-refractivity contribution is -0.126. The number of nitrogens with one attached hydrogen (secondary N) is 1. The molecule has 0 radical (unpaired) electrons. The van der Waals surface area contributed by atoms with E-state index < -0.39 is 0 Å². The number of carbonyl (C=O) groups excluding carboxylic acids is 1. The van der Waals surface area contributed by atoms with Gasteiger partial charge >= 0.3 is 0 Å². The Morgan fingerprint density at radius 1 is 1.64 bits per heavy atom. The van der Waals surface area contributed by atoms with Gasteiger partial charge in [0.1, 0.15) is 0 Å². The molecule has 4 heteroatoms. The zero-order chi connectivity index (χ0) is 10.0. The van der Waals surface area contributed by atoms with Gasteiger partial charge in [0.25, 0.3) is 0 Å². The summed E-state index contributed by atoms with van der Waals surface area (Å²) in [5.74, 6) is 1.36. The van der Waals surface area contributed by atoms with Crippen molar-refractivity contribution in [1.82, 2.24) is 5.32 Å². The van der Waals surface area contributed by atoms with Gasteiger partial charge in [0.15, 0.2) is 0 Å². The Bertz CT molecular complexity index is 222. The summed E-state index contributed by atoms with van der Waals surface area (Å²) in [6.07, 6.45) is 2.23. The van der Waals surface area contributed by atoms with E-state index in [4.69, 9.17) is 4.74 Å². The van der Waals surface area contributed by atoms with Gasteiger partial charge in [0, 0.05) is 12.0 Å². The molecule has 0 aromatic heterocycles. The molecule has 0 aliphatic carbocycles. The van der Waals surface area contributed by atoms with Crippen LogP contribution >= 0.6 is 11.8 Å².